The lowest BCUT2D eigenvalue weighted by Crippen LogP contribution is -2.16. The highest BCUT2D eigenvalue weighted by molar-refractivity contribution is 5.81. The molecular weight excluding hydrogens is 224 g/mol. The molecule has 2 rings (SSSR count). The Morgan fingerprint density at radius 1 is 1.41 bits per heavy atom. The smallest absolute Gasteiger partial charge is 0.231 e. The molecule has 0 N–H and O–H groups in total. The highest BCUT2D eigenvalue weighted by atomic mass is 16.7. The minimum atomic E-state index is -0.0417. The van der Waals surface area contributed by atoms with E-state index >= 15 is 0 Å². The molecule has 1 aromatic carbocycles. The van der Waals surface area contributed by atoms with Gasteiger partial charge in [0.15, 0.2) is 17.8 Å². The van der Waals surface area contributed by atoms with Crippen molar-refractivity contribution in [1.82, 2.24) is 0 Å². The lowest BCUT2D eigenvalue weighted by molar-refractivity contribution is 0.0711. The fourth-order valence-corrected chi connectivity index (χ4v) is 1.43. The molecule has 0 bridgehead atoms. The van der Waals surface area contributed by atoms with E-state index in [-0.39, 0.29) is 12.9 Å². The minimum absolute atomic E-state index is 0.0417. The van der Waals surface area contributed by atoms with E-state index in [1.54, 1.807) is 19.2 Å². The Bertz CT molecular complexity index is 416. The highest BCUT2D eigenvalue weighted by Crippen LogP contribution is 2.37. The van der Waals surface area contributed by atoms with Crippen LogP contribution in [0.25, 0.3) is 0 Å². The van der Waals surface area contributed by atoms with Gasteiger partial charge in [0.05, 0.1) is 11.7 Å². The van der Waals surface area contributed by atoms with Crippen molar-refractivity contribution in [1.29, 1.82) is 0 Å². The van der Waals surface area contributed by atoms with Gasteiger partial charge in [0.25, 0.3) is 0 Å². The number of fused-ring (bicyclic) bond motifs is 1. The van der Waals surface area contributed by atoms with Crippen LogP contribution in [-0.4, -0.2) is 32.9 Å². The van der Waals surface area contributed by atoms with E-state index in [1.165, 1.54) is 0 Å². The van der Waals surface area contributed by atoms with Crippen LogP contribution in [0.3, 0.4) is 0 Å². The first-order valence-electron chi connectivity index (χ1n) is 5.29. The van der Waals surface area contributed by atoms with Crippen LogP contribution in [0.1, 0.15) is 17.3 Å². The van der Waals surface area contributed by atoms with Gasteiger partial charge in [-0.25, -0.2) is 0 Å². The summed E-state index contributed by atoms with van der Waals surface area (Å²) in [6.07, 6.45) is 0.689. The Morgan fingerprint density at radius 2 is 2.12 bits per heavy atom. The first-order valence-corrected chi connectivity index (χ1v) is 5.29. The van der Waals surface area contributed by atoms with Gasteiger partial charge < -0.3 is 18.9 Å². The summed E-state index contributed by atoms with van der Waals surface area (Å²) in [4.78, 5) is 10.9. The summed E-state index contributed by atoms with van der Waals surface area (Å²) in [7, 11) is 1.61. The Balaban J connectivity index is 2.17. The standard InChI is InChI=1S/C12H14O5/c1-8(14-2)6-15-10-4-12-11(16-7-17-12)3-9(10)5-13/h3-5,8H,6-7H2,1-2H3. The number of carbonyl (C=O) groups excluding carboxylic acids is 1. The number of carbonyl (C=O) groups is 1. The summed E-state index contributed by atoms with van der Waals surface area (Å²) in [5.74, 6) is 1.64. The van der Waals surface area contributed by atoms with Crippen molar-refractivity contribution in [3.8, 4) is 17.2 Å². The van der Waals surface area contributed by atoms with Gasteiger partial charge in [0, 0.05) is 13.2 Å². The first-order chi connectivity index (χ1) is 8.24. The van der Waals surface area contributed by atoms with Gasteiger partial charge in [-0.2, -0.15) is 0 Å². The fourth-order valence-electron chi connectivity index (χ4n) is 1.43. The predicted octanol–water partition coefficient (Wildman–Crippen LogP) is 1.64. The Hall–Kier alpha value is -1.75. The Kier molecular flexibility index (Phi) is 3.49. The average Bonchev–Trinajstić information content (AvgIpc) is 2.81. The number of ether oxygens (including phenoxy) is 4. The van der Waals surface area contributed by atoms with E-state index in [9.17, 15) is 4.79 Å². The molecule has 0 saturated heterocycles. The molecule has 5 nitrogen and oxygen atoms in total. The summed E-state index contributed by atoms with van der Waals surface area (Å²) in [5.41, 5.74) is 0.442. The third-order valence-corrected chi connectivity index (χ3v) is 2.51. The SMILES string of the molecule is COC(C)COc1cc2c(cc1C=O)OCO2. The molecule has 0 spiro atoms. The highest BCUT2D eigenvalue weighted by Gasteiger charge is 2.18. The van der Waals surface area contributed by atoms with E-state index in [0.717, 1.165) is 6.29 Å². The largest absolute Gasteiger partial charge is 0.490 e. The summed E-state index contributed by atoms with van der Waals surface area (Å²) in [6.45, 7) is 2.43. The lowest BCUT2D eigenvalue weighted by Gasteiger charge is -2.13. The zero-order chi connectivity index (χ0) is 12.3. The lowest BCUT2D eigenvalue weighted by atomic mass is 10.2. The molecule has 1 atom stereocenters. The summed E-state index contributed by atoms with van der Waals surface area (Å²) < 4.78 is 21.0. The second-order valence-electron chi connectivity index (χ2n) is 3.72. The topological polar surface area (TPSA) is 54.0 Å². The number of methoxy groups -OCH3 is 1. The van der Waals surface area contributed by atoms with Crippen molar-refractivity contribution in [3.05, 3.63) is 17.7 Å². The quantitative estimate of drug-likeness (QED) is 0.730. The van der Waals surface area contributed by atoms with Crippen molar-refractivity contribution in [3.63, 3.8) is 0 Å². The number of rotatable bonds is 5. The molecule has 17 heavy (non-hydrogen) atoms. The van der Waals surface area contributed by atoms with Crippen LogP contribution in [0.15, 0.2) is 12.1 Å². The maximum absolute atomic E-state index is 10.9. The molecule has 1 unspecified atom stereocenters. The van der Waals surface area contributed by atoms with Crippen LogP contribution in [0.4, 0.5) is 0 Å². The molecule has 92 valence electrons. The van der Waals surface area contributed by atoms with Crippen molar-refractivity contribution >= 4 is 6.29 Å². The van der Waals surface area contributed by atoms with Crippen molar-refractivity contribution in [2.75, 3.05) is 20.5 Å². The van der Waals surface area contributed by atoms with E-state index in [0.29, 0.717) is 29.4 Å². The average molecular weight is 238 g/mol. The molecule has 0 fully saturated rings. The van der Waals surface area contributed by atoms with Crippen molar-refractivity contribution in [2.24, 2.45) is 0 Å². The predicted molar refractivity (Wildman–Crippen MR) is 59.9 cm³/mol. The minimum Gasteiger partial charge on any atom is -0.490 e. The number of hydrogen-bond acceptors (Lipinski definition) is 5. The van der Waals surface area contributed by atoms with E-state index in [4.69, 9.17) is 18.9 Å². The Morgan fingerprint density at radius 3 is 2.76 bits per heavy atom. The van der Waals surface area contributed by atoms with Crippen molar-refractivity contribution in [2.45, 2.75) is 13.0 Å². The van der Waals surface area contributed by atoms with Crippen LogP contribution in [-0.2, 0) is 4.74 Å². The normalized spacial score (nSPS) is 14.5. The molecule has 1 aromatic rings. The van der Waals surface area contributed by atoms with Crippen LogP contribution in [0.5, 0.6) is 17.2 Å². The fraction of sp³-hybridized carbons (Fsp3) is 0.417. The van der Waals surface area contributed by atoms with Crippen LogP contribution < -0.4 is 14.2 Å². The molecular formula is C12H14O5. The summed E-state index contributed by atoms with van der Waals surface area (Å²) in [6, 6.07) is 3.27. The number of hydrogen-bond donors (Lipinski definition) is 0. The van der Waals surface area contributed by atoms with Gasteiger partial charge >= 0.3 is 0 Å². The van der Waals surface area contributed by atoms with Crippen molar-refractivity contribution < 1.29 is 23.7 Å². The maximum Gasteiger partial charge on any atom is 0.231 e. The molecule has 0 saturated carbocycles. The van der Waals surface area contributed by atoms with Gasteiger partial charge in [-0.1, -0.05) is 0 Å². The summed E-state index contributed by atoms with van der Waals surface area (Å²) in [5, 5.41) is 0. The first kappa shape index (κ1) is 11.7. The third-order valence-electron chi connectivity index (χ3n) is 2.51. The molecule has 5 heteroatoms. The van der Waals surface area contributed by atoms with Gasteiger partial charge in [0.1, 0.15) is 12.4 Å². The number of aldehydes is 1. The molecule has 0 radical (unpaired) electrons. The van der Waals surface area contributed by atoms with Gasteiger partial charge in [-0.3, -0.25) is 4.79 Å². The van der Waals surface area contributed by atoms with Gasteiger partial charge in [-0.05, 0) is 13.0 Å². The van der Waals surface area contributed by atoms with Crippen LogP contribution in [0.2, 0.25) is 0 Å². The van der Waals surface area contributed by atoms with E-state index in [2.05, 4.69) is 0 Å². The van der Waals surface area contributed by atoms with Gasteiger partial charge in [-0.15, -0.1) is 0 Å². The van der Waals surface area contributed by atoms with E-state index in [1.807, 2.05) is 6.92 Å². The zero-order valence-corrected chi connectivity index (χ0v) is 9.76. The second kappa shape index (κ2) is 5.05. The maximum atomic E-state index is 10.9. The molecule has 0 aliphatic carbocycles. The Labute approximate surface area is 99.2 Å². The molecule has 1 aliphatic heterocycles. The van der Waals surface area contributed by atoms with E-state index < -0.39 is 0 Å². The summed E-state index contributed by atoms with van der Waals surface area (Å²) >= 11 is 0. The molecule has 0 aromatic heterocycles. The van der Waals surface area contributed by atoms with Gasteiger partial charge in [0.2, 0.25) is 6.79 Å². The zero-order valence-electron chi connectivity index (χ0n) is 9.76. The monoisotopic (exact) mass is 238 g/mol. The molecule has 0 amide bonds. The second-order valence-corrected chi connectivity index (χ2v) is 3.72. The molecule has 1 heterocycles. The van der Waals surface area contributed by atoms with Crippen LogP contribution >= 0.6 is 0 Å². The third kappa shape index (κ3) is 2.50. The van der Waals surface area contributed by atoms with Crippen LogP contribution in [0, 0.1) is 0 Å². The molecule has 1 aliphatic rings. The number of benzene rings is 1.